The van der Waals surface area contributed by atoms with Gasteiger partial charge in [-0.05, 0) is 37.8 Å². The number of thiophene rings is 1. The van der Waals surface area contributed by atoms with Gasteiger partial charge in [0.05, 0.1) is 5.60 Å². The highest BCUT2D eigenvalue weighted by Crippen LogP contribution is 2.36. The highest BCUT2D eigenvalue weighted by molar-refractivity contribution is 7.19. The molecule has 1 heterocycles. The van der Waals surface area contributed by atoms with Crippen LogP contribution in [0.2, 0.25) is 0 Å². The van der Waals surface area contributed by atoms with Crippen LogP contribution in [0, 0.1) is 6.92 Å². The van der Waals surface area contributed by atoms with Gasteiger partial charge >= 0.3 is 0 Å². The van der Waals surface area contributed by atoms with Crippen molar-refractivity contribution in [2.75, 3.05) is 0 Å². The minimum atomic E-state index is -0.728. The van der Waals surface area contributed by atoms with Gasteiger partial charge in [0.2, 0.25) is 0 Å². The molecule has 0 aliphatic rings. The Kier molecular flexibility index (Phi) is 2.13. The molecule has 0 saturated heterocycles. The van der Waals surface area contributed by atoms with Crippen molar-refractivity contribution in [1.29, 1.82) is 0 Å². The van der Waals surface area contributed by atoms with Crippen molar-refractivity contribution in [2.24, 2.45) is 0 Å². The van der Waals surface area contributed by atoms with Crippen LogP contribution in [0.15, 0.2) is 24.3 Å². The zero-order valence-corrected chi connectivity index (χ0v) is 9.48. The van der Waals surface area contributed by atoms with E-state index in [1.165, 1.54) is 15.6 Å². The molecule has 1 aromatic heterocycles. The molecule has 0 atom stereocenters. The van der Waals surface area contributed by atoms with Crippen molar-refractivity contribution < 1.29 is 5.11 Å². The number of fused-ring (bicyclic) bond motifs is 1. The Labute approximate surface area is 88.0 Å². The summed E-state index contributed by atoms with van der Waals surface area (Å²) < 4.78 is 1.25. The third-order valence-electron chi connectivity index (χ3n) is 2.40. The molecule has 0 unspecified atom stereocenters. The molecule has 2 aromatic rings. The van der Waals surface area contributed by atoms with Crippen LogP contribution in [0.25, 0.3) is 10.1 Å². The summed E-state index contributed by atoms with van der Waals surface area (Å²) in [6.45, 7) is 5.75. The van der Waals surface area contributed by atoms with E-state index in [0.29, 0.717) is 0 Å². The molecule has 0 amide bonds. The molecule has 0 saturated carbocycles. The van der Waals surface area contributed by atoms with Crippen LogP contribution in [0.4, 0.5) is 0 Å². The fraction of sp³-hybridized carbons (Fsp3) is 0.333. The molecular weight excluding hydrogens is 192 g/mol. The average Bonchev–Trinajstić information content (AvgIpc) is 2.44. The van der Waals surface area contributed by atoms with E-state index >= 15 is 0 Å². The maximum Gasteiger partial charge on any atom is 0.0935 e. The number of aliphatic hydroxyl groups is 1. The standard InChI is InChI=1S/C12H14OS/c1-8-9-6-4-5-7-10(9)14-11(8)12(2,3)13/h4-7,13H,1-3H3. The van der Waals surface area contributed by atoms with Gasteiger partial charge in [0.1, 0.15) is 0 Å². The van der Waals surface area contributed by atoms with Gasteiger partial charge in [-0.3, -0.25) is 0 Å². The van der Waals surface area contributed by atoms with E-state index in [9.17, 15) is 5.11 Å². The van der Waals surface area contributed by atoms with Gasteiger partial charge in [-0.2, -0.15) is 0 Å². The van der Waals surface area contributed by atoms with Crippen molar-refractivity contribution in [1.82, 2.24) is 0 Å². The molecule has 0 radical (unpaired) electrons. The molecule has 2 heteroatoms. The fourth-order valence-electron chi connectivity index (χ4n) is 1.76. The second-order valence-electron chi connectivity index (χ2n) is 4.11. The van der Waals surface area contributed by atoms with Crippen molar-refractivity contribution in [3.8, 4) is 0 Å². The molecule has 1 aromatic carbocycles. The lowest BCUT2D eigenvalue weighted by atomic mass is 10.0. The zero-order valence-electron chi connectivity index (χ0n) is 8.66. The summed E-state index contributed by atoms with van der Waals surface area (Å²) in [6.07, 6.45) is 0. The highest BCUT2D eigenvalue weighted by Gasteiger charge is 2.22. The Morgan fingerprint density at radius 3 is 2.43 bits per heavy atom. The molecule has 1 nitrogen and oxygen atoms in total. The molecule has 0 fully saturated rings. The third-order valence-corrected chi connectivity index (χ3v) is 3.99. The second kappa shape index (κ2) is 3.07. The molecule has 0 spiro atoms. The predicted molar refractivity (Wildman–Crippen MR) is 61.8 cm³/mol. The van der Waals surface area contributed by atoms with Crippen LogP contribution < -0.4 is 0 Å². The maximum absolute atomic E-state index is 9.98. The summed E-state index contributed by atoms with van der Waals surface area (Å²) >= 11 is 1.68. The minimum absolute atomic E-state index is 0.728. The van der Waals surface area contributed by atoms with E-state index < -0.39 is 5.60 Å². The Morgan fingerprint density at radius 2 is 1.86 bits per heavy atom. The molecule has 2 rings (SSSR count). The van der Waals surface area contributed by atoms with E-state index in [4.69, 9.17) is 0 Å². The Balaban J connectivity index is 2.75. The largest absolute Gasteiger partial charge is 0.385 e. The molecule has 0 aliphatic carbocycles. The smallest absolute Gasteiger partial charge is 0.0935 e. The van der Waals surface area contributed by atoms with Crippen molar-refractivity contribution >= 4 is 21.4 Å². The Morgan fingerprint density at radius 1 is 1.21 bits per heavy atom. The van der Waals surface area contributed by atoms with Crippen molar-refractivity contribution in [3.63, 3.8) is 0 Å². The summed E-state index contributed by atoms with van der Waals surface area (Å²) in [5, 5.41) is 11.2. The SMILES string of the molecule is Cc1c(C(C)(C)O)sc2ccccc12. The van der Waals surface area contributed by atoms with Crippen LogP contribution in [0.1, 0.15) is 24.3 Å². The summed E-state index contributed by atoms with van der Waals surface area (Å²) in [6, 6.07) is 8.28. The van der Waals surface area contributed by atoms with Gasteiger partial charge < -0.3 is 5.11 Å². The van der Waals surface area contributed by atoms with Crippen molar-refractivity contribution in [3.05, 3.63) is 34.7 Å². The average molecular weight is 206 g/mol. The summed E-state index contributed by atoms with van der Waals surface area (Å²) in [5.74, 6) is 0. The van der Waals surface area contributed by atoms with E-state index in [1.54, 1.807) is 11.3 Å². The van der Waals surface area contributed by atoms with E-state index in [1.807, 2.05) is 26.0 Å². The molecule has 0 aliphatic heterocycles. The van der Waals surface area contributed by atoms with E-state index in [-0.39, 0.29) is 0 Å². The van der Waals surface area contributed by atoms with Crippen LogP contribution in [-0.2, 0) is 5.60 Å². The molecule has 1 N–H and O–H groups in total. The lowest BCUT2D eigenvalue weighted by Gasteiger charge is -2.16. The topological polar surface area (TPSA) is 20.2 Å². The van der Waals surface area contributed by atoms with E-state index in [2.05, 4.69) is 19.1 Å². The predicted octanol–water partition coefficient (Wildman–Crippen LogP) is 3.44. The normalized spacial score (nSPS) is 12.3. The first-order chi connectivity index (χ1) is 6.50. The van der Waals surface area contributed by atoms with Gasteiger partial charge in [0.15, 0.2) is 0 Å². The second-order valence-corrected chi connectivity index (χ2v) is 5.16. The number of benzene rings is 1. The monoisotopic (exact) mass is 206 g/mol. The molecule has 14 heavy (non-hydrogen) atoms. The Bertz CT molecular complexity index is 463. The number of rotatable bonds is 1. The van der Waals surface area contributed by atoms with Crippen LogP contribution in [0.5, 0.6) is 0 Å². The summed E-state index contributed by atoms with van der Waals surface area (Å²) in [5.41, 5.74) is 0.478. The minimum Gasteiger partial charge on any atom is -0.385 e. The first-order valence-corrected chi connectivity index (χ1v) is 5.53. The Hall–Kier alpha value is -0.860. The lowest BCUT2D eigenvalue weighted by Crippen LogP contribution is -2.14. The number of hydrogen-bond acceptors (Lipinski definition) is 2. The van der Waals surface area contributed by atoms with Crippen LogP contribution in [0.3, 0.4) is 0 Å². The van der Waals surface area contributed by atoms with Crippen molar-refractivity contribution in [2.45, 2.75) is 26.4 Å². The van der Waals surface area contributed by atoms with Gasteiger partial charge in [-0.25, -0.2) is 0 Å². The van der Waals surface area contributed by atoms with Gasteiger partial charge in [-0.1, -0.05) is 18.2 Å². The molecular formula is C12H14OS. The molecule has 0 bridgehead atoms. The maximum atomic E-state index is 9.98. The number of aryl methyl sites for hydroxylation is 1. The van der Waals surface area contributed by atoms with Gasteiger partial charge in [-0.15, -0.1) is 11.3 Å². The quantitative estimate of drug-likeness (QED) is 0.757. The third kappa shape index (κ3) is 1.45. The van der Waals surface area contributed by atoms with Gasteiger partial charge in [0, 0.05) is 9.58 Å². The van der Waals surface area contributed by atoms with Gasteiger partial charge in [0.25, 0.3) is 0 Å². The highest BCUT2D eigenvalue weighted by atomic mass is 32.1. The van der Waals surface area contributed by atoms with Crippen LogP contribution in [-0.4, -0.2) is 5.11 Å². The first kappa shape index (κ1) is 9.69. The first-order valence-electron chi connectivity index (χ1n) is 4.71. The summed E-state index contributed by atoms with van der Waals surface area (Å²) in [4.78, 5) is 1.07. The number of hydrogen-bond donors (Lipinski definition) is 1. The summed E-state index contributed by atoms with van der Waals surface area (Å²) in [7, 11) is 0. The lowest BCUT2D eigenvalue weighted by molar-refractivity contribution is 0.0820. The fourth-order valence-corrected chi connectivity index (χ4v) is 2.97. The van der Waals surface area contributed by atoms with E-state index in [0.717, 1.165) is 4.88 Å². The van der Waals surface area contributed by atoms with Crippen LogP contribution >= 0.6 is 11.3 Å². The zero-order chi connectivity index (χ0) is 10.3. The molecule has 74 valence electrons.